The highest BCUT2D eigenvalue weighted by Gasteiger charge is 2.51. The fraction of sp³-hybridized carbons (Fsp3) is 0.667. The van der Waals surface area contributed by atoms with Crippen molar-refractivity contribution >= 4 is 11.8 Å². The zero-order valence-corrected chi connectivity index (χ0v) is 23.8. The van der Waals surface area contributed by atoms with Crippen LogP contribution in [-0.4, -0.2) is 89.8 Å². The lowest BCUT2D eigenvalue weighted by Crippen LogP contribution is -2.56. The first-order valence-corrected chi connectivity index (χ1v) is 14.5. The van der Waals surface area contributed by atoms with Gasteiger partial charge in [0.15, 0.2) is 11.5 Å². The largest absolute Gasteiger partial charge is 0.493 e. The molecule has 1 saturated carbocycles. The maximum atomic E-state index is 13.7. The van der Waals surface area contributed by atoms with Crippen LogP contribution in [0.2, 0.25) is 0 Å². The molecule has 1 fully saturated rings. The fourth-order valence-corrected chi connectivity index (χ4v) is 6.19. The molecular weight excluding hydrogens is 516 g/mol. The van der Waals surface area contributed by atoms with Gasteiger partial charge in [-0.2, -0.15) is 0 Å². The molecular formula is C30H44N2O8. The zero-order valence-electron chi connectivity index (χ0n) is 23.8. The maximum absolute atomic E-state index is 13.7. The van der Waals surface area contributed by atoms with Gasteiger partial charge in [-0.1, -0.05) is 12.8 Å². The van der Waals surface area contributed by atoms with Crippen molar-refractivity contribution in [3.63, 3.8) is 0 Å². The summed E-state index contributed by atoms with van der Waals surface area (Å²) in [6, 6.07) is 2.64. The molecule has 2 aliphatic carbocycles. The van der Waals surface area contributed by atoms with E-state index in [1.54, 1.807) is 23.1 Å². The smallest absolute Gasteiger partial charge is 0.247 e. The van der Waals surface area contributed by atoms with Crippen LogP contribution in [-0.2, 0) is 20.9 Å². The number of hydrogen-bond acceptors (Lipinski definition) is 8. The Bertz CT molecular complexity index is 1070. The summed E-state index contributed by atoms with van der Waals surface area (Å²) in [6.07, 6.45) is 5.04. The van der Waals surface area contributed by atoms with E-state index in [1.807, 2.05) is 13.8 Å². The lowest BCUT2D eigenvalue weighted by Gasteiger charge is -2.41. The van der Waals surface area contributed by atoms with Gasteiger partial charge in [-0.15, -0.1) is 0 Å². The molecule has 3 aliphatic rings. The van der Waals surface area contributed by atoms with Crippen LogP contribution in [0.5, 0.6) is 11.5 Å². The topological polar surface area (TPSA) is 138 Å². The van der Waals surface area contributed by atoms with E-state index in [-0.39, 0.29) is 31.8 Å². The highest BCUT2D eigenvalue weighted by molar-refractivity contribution is 5.96. The summed E-state index contributed by atoms with van der Waals surface area (Å²) in [4.78, 5) is 28.9. The van der Waals surface area contributed by atoms with Crippen LogP contribution in [0.1, 0.15) is 69.4 Å². The van der Waals surface area contributed by atoms with Crippen LogP contribution >= 0.6 is 0 Å². The first-order valence-electron chi connectivity index (χ1n) is 14.5. The van der Waals surface area contributed by atoms with Crippen molar-refractivity contribution in [2.45, 2.75) is 89.3 Å². The van der Waals surface area contributed by atoms with Crippen molar-refractivity contribution in [3.05, 3.63) is 34.9 Å². The number of fused-ring (bicyclic) bond motifs is 3. The lowest BCUT2D eigenvalue weighted by atomic mass is 9.77. The van der Waals surface area contributed by atoms with Crippen molar-refractivity contribution in [1.29, 1.82) is 0 Å². The number of amides is 2. The third-order valence-corrected chi connectivity index (χ3v) is 8.11. The van der Waals surface area contributed by atoms with Gasteiger partial charge in [0.25, 0.3) is 0 Å². The summed E-state index contributed by atoms with van der Waals surface area (Å²) in [5, 5.41) is 33.7. The van der Waals surface area contributed by atoms with Crippen molar-refractivity contribution in [3.8, 4) is 11.5 Å². The SMILES string of the molecule is COc1cc(CO)cc2c1OC1C2C(C(=O)NCCO)=CC(N(CCCOC(C)C)C(=O)CC2CCCC2)C1O. The molecule has 0 saturated heterocycles. The molecule has 0 bridgehead atoms. The monoisotopic (exact) mass is 560 g/mol. The number of nitrogens with one attached hydrogen (secondary N) is 1. The molecule has 4 unspecified atom stereocenters. The van der Waals surface area contributed by atoms with Gasteiger partial charge < -0.3 is 39.7 Å². The molecule has 0 spiro atoms. The highest BCUT2D eigenvalue weighted by atomic mass is 16.5. The molecule has 10 heteroatoms. The second-order valence-corrected chi connectivity index (χ2v) is 11.2. The van der Waals surface area contributed by atoms with Crippen molar-refractivity contribution in [1.82, 2.24) is 10.2 Å². The Morgan fingerprint density at radius 2 is 1.95 bits per heavy atom. The van der Waals surface area contributed by atoms with Gasteiger partial charge in [-0.3, -0.25) is 9.59 Å². The first-order chi connectivity index (χ1) is 19.3. The molecule has 0 radical (unpaired) electrons. The van der Waals surface area contributed by atoms with Crippen molar-refractivity contribution in [2.24, 2.45) is 5.92 Å². The molecule has 4 atom stereocenters. The summed E-state index contributed by atoms with van der Waals surface area (Å²) in [5.41, 5.74) is 1.57. The summed E-state index contributed by atoms with van der Waals surface area (Å²) in [7, 11) is 1.49. The number of carbonyl (C=O) groups is 2. The summed E-state index contributed by atoms with van der Waals surface area (Å²) >= 11 is 0. The minimum Gasteiger partial charge on any atom is -0.493 e. The second-order valence-electron chi connectivity index (χ2n) is 11.2. The molecule has 0 aromatic heterocycles. The number of ether oxygens (including phenoxy) is 3. The fourth-order valence-electron chi connectivity index (χ4n) is 6.19. The Labute approximate surface area is 236 Å². The molecule has 1 aromatic carbocycles. The first kappa shape index (κ1) is 30.3. The Morgan fingerprint density at radius 3 is 2.60 bits per heavy atom. The number of nitrogens with zero attached hydrogens (tertiary/aromatic N) is 1. The van der Waals surface area contributed by atoms with E-state index < -0.39 is 30.1 Å². The van der Waals surface area contributed by atoms with Crippen LogP contribution in [0.25, 0.3) is 0 Å². The van der Waals surface area contributed by atoms with E-state index in [4.69, 9.17) is 14.2 Å². The lowest BCUT2D eigenvalue weighted by molar-refractivity contribution is -0.138. The van der Waals surface area contributed by atoms with Gasteiger partial charge in [0.05, 0.1) is 38.4 Å². The van der Waals surface area contributed by atoms with Crippen molar-refractivity contribution in [2.75, 3.05) is 33.4 Å². The van der Waals surface area contributed by atoms with E-state index >= 15 is 0 Å². The number of hydrogen-bond donors (Lipinski definition) is 4. The van der Waals surface area contributed by atoms with E-state index in [0.717, 1.165) is 25.7 Å². The number of benzene rings is 1. The minimum absolute atomic E-state index is 0.0547. The zero-order chi connectivity index (χ0) is 28.8. The average Bonchev–Trinajstić information content (AvgIpc) is 3.60. The van der Waals surface area contributed by atoms with E-state index in [9.17, 15) is 24.9 Å². The second kappa shape index (κ2) is 13.8. The molecule has 1 aromatic rings. The molecule has 1 heterocycles. The predicted molar refractivity (Wildman–Crippen MR) is 148 cm³/mol. The van der Waals surface area contributed by atoms with E-state index in [0.29, 0.717) is 60.1 Å². The summed E-state index contributed by atoms with van der Waals surface area (Å²) < 4.78 is 17.5. The Morgan fingerprint density at radius 1 is 1.20 bits per heavy atom. The van der Waals surface area contributed by atoms with Gasteiger partial charge in [0.1, 0.15) is 12.2 Å². The Balaban J connectivity index is 1.71. The molecule has 222 valence electrons. The minimum atomic E-state index is -1.12. The number of rotatable bonds is 13. The Hall–Kier alpha value is -2.66. The van der Waals surface area contributed by atoms with Crippen LogP contribution in [0.4, 0.5) is 0 Å². The molecule has 4 rings (SSSR count). The van der Waals surface area contributed by atoms with Gasteiger partial charge >= 0.3 is 0 Å². The quantitative estimate of drug-likeness (QED) is 0.269. The van der Waals surface area contributed by atoms with Gasteiger partial charge in [-0.25, -0.2) is 0 Å². The van der Waals surface area contributed by atoms with Crippen LogP contribution in [0.3, 0.4) is 0 Å². The summed E-state index contributed by atoms with van der Waals surface area (Å²) in [6.45, 7) is 4.35. The Kier molecular flexibility index (Phi) is 10.5. The molecule has 1 aliphatic heterocycles. The summed E-state index contributed by atoms with van der Waals surface area (Å²) in [5.74, 6) is 0.0218. The number of aliphatic hydroxyl groups is 3. The predicted octanol–water partition coefficient (Wildman–Crippen LogP) is 2.03. The van der Waals surface area contributed by atoms with Gasteiger partial charge in [0.2, 0.25) is 11.8 Å². The third-order valence-electron chi connectivity index (χ3n) is 8.11. The maximum Gasteiger partial charge on any atom is 0.247 e. The van der Waals surface area contributed by atoms with E-state index in [2.05, 4.69) is 5.32 Å². The molecule has 4 N–H and O–H groups in total. The standard InChI is InChI=1S/C30H44N2O8/c1-18(2)39-12-6-10-32(25(35)15-19-7-4-5-8-19)23-16-22(30(37)31-9-11-33)26-21-13-20(17-34)14-24(38-3)28(21)40-29(26)27(23)36/h13-14,16,18-19,23,26-27,29,33-34,36H,4-12,15,17H2,1-3H3,(H,31,37). The van der Waals surface area contributed by atoms with E-state index in [1.165, 1.54) is 7.11 Å². The highest BCUT2D eigenvalue weighted by Crippen LogP contribution is 2.51. The average molecular weight is 561 g/mol. The van der Waals surface area contributed by atoms with Crippen LogP contribution in [0.15, 0.2) is 23.8 Å². The number of aliphatic hydroxyl groups excluding tert-OH is 3. The van der Waals surface area contributed by atoms with Gasteiger partial charge in [-0.05, 0) is 62.8 Å². The number of carbonyl (C=O) groups excluding carboxylic acids is 2. The molecule has 2 amide bonds. The van der Waals surface area contributed by atoms with Crippen LogP contribution < -0.4 is 14.8 Å². The third kappa shape index (κ3) is 6.62. The van der Waals surface area contributed by atoms with Crippen LogP contribution in [0, 0.1) is 5.92 Å². The van der Waals surface area contributed by atoms with Crippen molar-refractivity contribution < 1.29 is 39.1 Å². The van der Waals surface area contributed by atoms with Gasteiger partial charge in [0, 0.05) is 37.3 Å². The molecule has 40 heavy (non-hydrogen) atoms. The molecule has 10 nitrogen and oxygen atoms in total. The normalized spacial score (nSPS) is 23.8. The number of methoxy groups -OCH3 is 1.